The predicted molar refractivity (Wildman–Crippen MR) is 69.1 cm³/mol. The molecule has 0 heterocycles. The lowest BCUT2D eigenvalue weighted by atomic mass is 10.1. The zero-order valence-electron chi connectivity index (χ0n) is 10.4. The predicted octanol–water partition coefficient (Wildman–Crippen LogP) is 2.41. The molecule has 0 unspecified atom stereocenters. The van der Waals surface area contributed by atoms with E-state index in [1.54, 1.807) is 12.1 Å². The molecule has 0 fully saturated rings. The number of hydrogen-bond acceptors (Lipinski definition) is 3. The first-order valence-electron chi connectivity index (χ1n) is 5.68. The molecule has 0 spiro atoms. The van der Waals surface area contributed by atoms with Crippen LogP contribution in [0.4, 0.5) is 0 Å². The molecule has 90 valence electrons. The van der Waals surface area contributed by atoms with Gasteiger partial charge in [-0.2, -0.15) is 5.26 Å². The normalized spacial score (nSPS) is 9.71. The summed E-state index contributed by atoms with van der Waals surface area (Å²) in [6.45, 7) is 10.1. The molecular weight excluding hydrogens is 212 g/mol. The number of benzene rings is 1. The highest BCUT2D eigenvalue weighted by atomic mass is 16.5. The van der Waals surface area contributed by atoms with Crippen LogP contribution in [-0.4, -0.2) is 19.7 Å². The zero-order valence-corrected chi connectivity index (χ0v) is 10.4. The van der Waals surface area contributed by atoms with Crippen LogP contribution >= 0.6 is 0 Å². The number of rotatable bonds is 6. The molecule has 17 heavy (non-hydrogen) atoms. The summed E-state index contributed by atoms with van der Waals surface area (Å²) in [4.78, 5) is 0. The van der Waals surface area contributed by atoms with Gasteiger partial charge >= 0.3 is 0 Å². The van der Waals surface area contributed by atoms with Gasteiger partial charge in [0.15, 0.2) is 0 Å². The van der Waals surface area contributed by atoms with Gasteiger partial charge in [0.05, 0.1) is 11.6 Å². The molecule has 0 aliphatic rings. The van der Waals surface area contributed by atoms with Crippen molar-refractivity contribution in [3.8, 4) is 11.8 Å². The first-order chi connectivity index (χ1) is 8.17. The summed E-state index contributed by atoms with van der Waals surface area (Å²) in [6.07, 6.45) is 0. The van der Waals surface area contributed by atoms with E-state index in [0.29, 0.717) is 12.2 Å². The first kappa shape index (κ1) is 13.3. The largest absolute Gasteiger partial charge is 0.489 e. The molecule has 3 nitrogen and oxygen atoms in total. The minimum atomic E-state index is 0.475. The van der Waals surface area contributed by atoms with Crippen LogP contribution < -0.4 is 10.1 Å². The fourth-order valence-corrected chi connectivity index (χ4v) is 1.36. The van der Waals surface area contributed by atoms with Crippen LogP contribution in [0.2, 0.25) is 0 Å². The number of nitrogens with zero attached hydrogens (tertiary/aromatic N) is 1. The van der Waals surface area contributed by atoms with E-state index in [4.69, 9.17) is 10.00 Å². The Morgan fingerprint density at radius 1 is 1.53 bits per heavy atom. The van der Waals surface area contributed by atoms with E-state index in [-0.39, 0.29) is 0 Å². The summed E-state index contributed by atoms with van der Waals surface area (Å²) in [5, 5.41) is 12.0. The van der Waals surface area contributed by atoms with Crippen molar-refractivity contribution in [3.63, 3.8) is 0 Å². The number of ether oxygens (including phenoxy) is 1. The number of hydrogen-bond donors (Lipinski definition) is 1. The van der Waals surface area contributed by atoms with E-state index in [1.807, 2.05) is 13.0 Å². The Morgan fingerprint density at radius 2 is 2.29 bits per heavy atom. The monoisotopic (exact) mass is 230 g/mol. The van der Waals surface area contributed by atoms with Gasteiger partial charge in [-0.3, -0.25) is 0 Å². The van der Waals surface area contributed by atoms with Crippen molar-refractivity contribution >= 4 is 0 Å². The summed E-state index contributed by atoms with van der Waals surface area (Å²) >= 11 is 0. The van der Waals surface area contributed by atoms with Crippen LogP contribution in [0.15, 0.2) is 30.4 Å². The summed E-state index contributed by atoms with van der Waals surface area (Å²) in [5.74, 6) is 0.752. The summed E-state index contributed by atoms with van der Waals surface area (Å²) < 4.78 is 5.65. The maximum Gasteiger partial charge on any atom is 0.124 e. The highest BCUT2D eigenvalue weighted by Crippen LogP contribution is 2.19. The van der Waals surface area contributed by atoms with Crippen molar-refractivity contribution in [2.45, 2.75) is 13.8 Å². The molecule has 0 aliphatic heterocycles. The van der Waals surface area contributed by atoms with Gasteiger partial charge in [-0.05, 0) is 36.7 Å². The Hall–Kier alpha value is -1.79. The maximum absolute atomic E-state index is 8.81. The van der Waals surface area contributed by atoms with Gasteiger partial charge in [0.1, 0.15) is 12.4 Å². The summed E-state index contributed by atoms with van der Waals surface area (Å²) in [7, 11) is 0. The van der Waals surface area contributed by atoms with Crippen LogP contribution in [0.5, 0.6) is 5.75 Å². The van der Waals surface area contributed by atoms with Gasteiger partial charge in [0, 0.05) is 6.54 Å². The van der Waals surface area contributed by atoms with E-state index < -0.39 is 0 Å². The summed E-state index contributed by atoms with van der Waals surface area (Å²) in [5.41, 5.74) is 2.64. The molecule has 0 aliphatic carbocycles. The molecular formula is C14H18N2O. The standard InChI is InChI=1S/C14H18N2O/c1-4-16-9-11(2)10-17-14-7-13(8-15)6-5-12(14)3/h5-7,16H,2,4,9-10H2,1,3H3. The van der Waals surface area contributed by atoms with Gasteiger partial charge in [-0.15, -0.1) is 0 Å². The third-order valence-corrected chi connectivity index (χ3v) is 2.37. The van der Waals surface area contributed by atoms with Crippen molar-refractivity contribution in [2.24, 2.45) is 0 Å². The van der Waals surface area contributed by atoms with Crippen molar-refractivity contribution < 1.29 is 4.74 Å². The lowest BCUT2D eigenvalue weighted by molar-refractivity contribution is 0.346. The Balaban J connectivity index is 2.57. The lowest BCUT2D eigenvalue weighted by Gasteiger charge is -2.11. The van der Waals surface area contributed by atoms with E-state index in [0.717, 1.165) is 30.0 Å². The fourth-order valence-electron chi connectivity index (χ4n) is 1.36. The van der Waals surface area contributed by atoms with Gasteiger partial charge in [0.25, 0.3) is 0 Å². The number of nitriles is 1. The molecule has 1 aromatic carbocycles. The second-order valence-electron chi connectivity index (χ2n) is 3.91. The second-order valence-corrected chi connectivity index (χ2v) is 3.91. The Morgan fingerprint density at radius 3 is 2.94 bits per heavy atom. The Bertz CT molecular complexity index is 432. The molecule has 1 aromatic rings. The second kappa shape index (κ2) is 6.72. The van der Waals surface area contributed by atoms with Gasteiger partial charge in [0.2, 0.25) is 0 Å². The van der Waals surface area contributed by atoms with Crippen molar-refractivity contribution in [2.75, 3.05) is 19.7 Å². The molecule has 0 saturated carbocycles. The molecule has 0 saturated heterocycles. The van der Waals surface area contributed by atoms with Crippen molar-refractivity contribution in [1.82, 2.24) is 5.32 Å². The average Bonchev–Trinajstić information content (AvgIpc) is 2.35. The molecule has 3 heteroatoms. The van der Waals surface area contributed by atoms with Gasteiger partial charge < -0.3 is 10.1 Å². The average molecular weight is 230 g/mol. The highest BCUT2D eigenvalue weighted by molar-refractivity contribution is 5.41. The van der Waals surface area contributed by atoms with Crippen LogP contribution in [0.25, 0.3) is 0 Å². The third kappa shape index (κ3) is 4.29. The zero-order chi connectivity index (χ0) is 12.7. The maximum atomic E-state index is 8.81. The minimum absolute atomic E-state index is 0.475. The molecule has 0 amide bonds. The highest BCUT2D eigenvalue weighted by Gasteiger charge is 2.02. The SMILES string of the molecule is C=C(CNCC)COc1cc(C#N)ccc1C. The molecule has 0 atom stereocenters. The Kier molecular flexibility index (Phi) is 5.25. The van der Waals surface area contributed by atoms with Crippen molar-refractivity contribution in [3.05, 3.63) is 41.5 Å². The van der Waals surface area contributed by atoms with E-state index in [9.17, 15) is 0 Å². The number of nitrogens with one attached hydrogen (secondary N) is 1. The third-order valence-electron chi connectivity index (χ3n) is 2.37. The van der Waals surface area contributed by atoms with Crippen molar-refractivity contribution in [1.29, 1.82) is 5.26 Å². The lowest BCUT2D eigenvalue weighted by Crippen LogP contribution is -2.19. The quantitative estimate of drug-likeness (QED) is 0.763. The topological polar surface area (TPSA) is 45.0 Å². The fraction of sp³-hybridized carbons (Fsp3) is 0.357. The number of aryl methyl sites for hydroxylation is 1. The molecule has 1 rings (SSSR count). The minimum Gasteiger partial charge on any atom is -0.489 e. The van der Waals surface area contributed by atoms with Crippen LogP contribution in [0, 0.1) is 18.3 Å². The van der Waals surface area contributed by atoms with Crippen LogP contribution in [0.1, 0.15) is 18.1 Å². The molecule has 0 aromatic heterocycles. The summed E-state index contributed by atoms with van der Waals surface area (Å²) in [6, 6.07) is 7.54. The van der Waals surface area contributed by atoms with Gasteiger partial charge in [-0.25, -0.2) is 0 Å². The van der Waals surface area contributed by atoms with Crippen LogP contribution in [0.3, 0.4) is 0 Å². The molecule has 1 N–H and O–H groups in total. The van der Waals surface area contributed by atoms with Gasteiger partial charge in [-0.1, -0.05) is 19.6 Å². The van der Waals surface area contributed by atoms with E-state index in [2.05, 4.69) is 24.9 Å². The van der Waals surface area contributed by atoms with E-state index in [1.165, 1.54) is 0 Å². The Labute approximate surface area is 103 Å². The molecule has 0 radical (unpaired) electrons. The van der Waals surface area contributed by atoms with E-state index >= 15 is 0 Å². The van der Waals surface area contributed by atoms with Crippen LogP contribution in [-0.2, 0) is 0 Å². The first-order valence-corrected chi connectivity index (χ1v) is 5.68. The number of likely N-dealkylation sites (N-methyl/N-ethyl adjacent to an activating group) is 1. The molecule has 0 bridgehead atoms. The smallest absolute Gasteiger partial charge is 0.124 e.